The fourth-order valence-electron chi connectivity index (χ4n) is 8.50. The van der Waals surface area contributed by atoms with Gasteiger partial charge in [-0.15, -0.1) is 0 Å². The van der Waals surface area contributed by atoms with Crippen LogP contribution in [0.1, 0.15) is 49.7 Å². The van der Waals surface area contributed by atoms with Gasteiger partial charge in [0.1, 0.15) is 29.9 Å². The van der Waals surface area contributed by atoms with Gasteiger partial charge in [0, 0.05) is 44.1 Å². The van der Waals surface area contributed by atoms with Crippen molar-refractivity contribution in [2.75, 3.05) is 43.5 Å². The van der Waals surface area contributed by atoms with Gasteiger partial charge >= 0.3 is 12.2 Å². The lowest BCUT2D eigenvalue weighted by Gasteiger charge is -2.43. The maximum Gasteiger partial charge on any atom is 0.418 e. The number of nitrogens with two attached hydrogens (primary N) is 1. The predicted molar refractivity (Wildman–Crippen MR) is 157 cm³/mol. The van der Waals surface area contributed by atoms with Crippen molar-refractivity contribution in [2.24, 2.45) is 0 Å². The lowest BCUT2D eigenvalue weighted by molar-refractivity contribution is -0.137. The van der Waals surface area contributed by atoms with Crippen LogP contribution in [0.2, 0.25) is 0 Å². The van der Waals surface area contributed by atoms with Gasteiger partial charge in [0.15, 0.2) is 17.4 Å². The van der Waals surface area contributed by atoms with Crippen LogP contribution in [0.5, 0.6) is 11.8 Å². The number of alkyl halides is 4. The molecule has 2 bridgehead atoms. The number of hydrogen-bond donors (Lipinski definition) is 2. The fourth-order valence-corrected chi connectivity index (χ4v) is 8.50. The summed E-state index contributed by atoms with van der Waals surface area (Å²) in [5, 5.41) is 3.51. The van der Waals surface area contributed by atoms with Gasteiger partial charge in [-0.05, 0) is 50.8 Å². The normalized spacial score (nSPS) is 29.0. The summed E-state index contributed by atoms with van der Waals surface area (Å²) in [7, 11) is 0. The molecule has 15 heteroatoms. The van der Waals surface area contributed by atoms with Crippen LogP contribution in [-0.2, 0) is 6.18 Å². The van der Waals surface area contributed by atoms with E-state index in [1.165, 1.54) is 0 Å². The van der Waals surface area contributed by atoms with Gasteiger partial charge in [0.05, 0.1) is 34.4 Å². The molecule has 5 aliphatic heterocycles. The zero-order valence-electron chi connectivity index (χ0n) is 25.1. The summed E-state index contributed by atoms with van der Waals surface area (Å²) in [6, 6.07) is 0.858. The molecule has 0 amide bonds. The third-order valence-electron chi connectivity index (χ3n) is 10.4. The molecule has 4 saturated heterocycles. The van der Waals surface area contributed by atoms with Crippen LogP contribution in [0, 0.1) is 18.6 Å². The summed E-state index contributed by atoms with van der Waals surface area (Å²) in [6.07, 6.45) is -1.88. The summed E-state index contributed by atoms with van der Waals surface area (Å²) >= 11 is 0. The molecule has 0 aliphatic carbocycles. The third kappa shape index (κ3) is 4.55. The molecule has 46 heavy (non-hydrogen) atoms. The Bertz CT molecular complexity index is 1740. The Morgan fingerprint density at radius 2 is 1.96 bits per heavy atom. The summed E-state index contributed by atoms with van der Waals surface area (Å²) in [5.74, 6) is -3.31. The van der Waals surface area contributed by atoms with Crippen LogP contribution in [0.3, 0.4) is 0 Å². The molecule has 2 aromatic heterocycles. The Balaban J connectivity index is 1.35. The lowest BCUT2D eigenvalue weighted by atomic mass is 9.95. The molecule has 246 valence electrons. The Morgan fingerprint density at radius 3 is 2.76 bits per heavy atom. The van der Waals surface area contributed by atoms with E-state index in [2.05, 4.69) is 20.2 Å². The molecular weight excluding hydrogens is 616 g/mol. The minimum absolute atomic E-state index is 0.0249. The van der Waals surface area contributed by atoms with E-state index in [1.807, 2.05) is 4.90 Å². The van der Waals surface area contributed by atoms with E-state index in [0.29, 0.717) is 25.9 Å². The number of nitrogens with zero attached hydrogens (tertiary/aromatic N) is 5. The second-order valence-corrected chi connectivity index (χ2v) is 13.2. The molecule has 1 aromatic carbocycles. The number of fused-ring (bicyclic) bond motifs is 6. The van der Waals surface area contributed by atoms with Crippen molar-refractivity contribution in [3.8, 4) is 23.0 Å². The zero-order chi connectivity index (χ0) is 32.1. The molecule has 5 aliphatic rings. The Kier molecular flexibility index (Phi) is 6.77. The number of rotatable bonds is 4. The summed E-state index contributed by atoms with van der Waals surface area (Å²) < 4.78 is 103. The SMILES string of the molecule is Cc1cc(N)nc(-c2c(F)c3c4c(nc(OC[C@@]56CCCN5C[C@H](F)C6)nc4c2F)N2C[C@@H]4CCC(N4)[C@H]2CCO3)c1C(F)(F)F. The number of anilines is 2. The smallest absolute Gasteiger partial charge is 0.418 e. The molecule has 8 rings (SSSR count). The van der Waals surface area contributed by atoms with Crippen molar-refractivity contribution >= 4 is 22.5 Å². The van der Waals surface area contributed by atoms with Crippen LogP contribution in [0.25, 0.3) is 22.2 Å². The lowest BCUT2D eigenvalue weighted by Crippen LogP contribution is -2.59. The number of benzene rings is 1. The largest absolute Gasteiger partial charge is 0.490 e. The van der Waals surface area contributed by atoms with Crippen molar-refractivity contribution in [1.29, 1.82) is 0 Å². The minimum Gasteiger partial charge on any atom is -0.490 e. The van der Waals surface area contributed by atoms with E-state index in [-0.39, 0.29) is 66.4 Å². The molecule has 3 aromatic rings. The molecule has 0 spiro atoms. The van der Waals surface area contributed by atoms with Crippen LogP contribution in [0.4, 0.5) is 38.0 Å². The molecule has 4 fully saturated rings. The monoisotopic (exact) mass is 649 g/mol. The molecule has 9 nitrogen and oxygen atoms in total. The van der Waals surface area contributed by atoms with Gasteiger partial charge in [-0.1, -0.05) is 0 Å². The maximum atomic E-state index is 16.8. The molecule has 7 heterocycles. The highest BCUT2D eigenvalue weighted by molar-refractivity contribution is 5.99. The van der Waals surface area contributed by atoms with Crippen molar-refractivity contribution in [3.63, 3.8) is 0 Å². The molecule has 1 unspecified atom stereocenters. The number of halogens is 6. The van der Waals surface area contributed by atoms with Crippen molar-refractivity contribution in [2.45, 2.75) is 81.5 Å². The second-order valence-electron chi connectivity index (χ2n) is 13.2. The van der Waals surface area contributed by atoms with Crippen molar-refractivity contribution in [3.05, 3.63) is 28.8 Å². The predicted octanol–water partition coefficient (Wildman–Crippen LogP) is 4.93. The topological polar surface area (TPSA) is 102 Å². The first-order chi connectivity index (χ1) is 21.9. The first-order valence-electron chi connectivity index (χ1n) is 15.7. The van der Waals surface area contributed by atoms with Crippen LogP contribution >= 0.6 is 0 Å². The van der Waals surface area contributed by atoms with E-state index in [0.717, 1.165) is 38.8 Å². The van der Waals surface area contributed by atoms with Crippen molar-refractivity contribution < 1.29 is 35.8 Å². The molecule has 5 atom stereocenters. The van der Waals surface area contributed by atoms with E-state index >= 15 is 8.78 Å². The van der Waals surface area contributed by atoms with Crippen LogP contribution < -0.4 is 25.4 Å². The van der Waals surface area contributed by atoms with Crippen LogP contribution in [0.15, 0.2) is 6.07 Å². The quantitative estimate of drug-likeness (QED) is 0.382. The number of aryl methyl sites for hydroxylation is 1. The van der Waals surface area contributed by atoms with Gasteiger partial charge < -0.3 is 25.4 Å². The Morgan fingerprint density at radius 1 is 1.13 bits per heavy atom. The van der Waals surface area contributed by atoms with E-state index in [4.69, 9.17) is 20.2 Å². The van der Waals surface area contributed by atoms with Gasteiger partial charge in [0.2, 0.25) is 0 Å². The van der Waals surface area contributed by atoms with Gasteiger partial charge in [0.25, 0.3) is 0 Å². The summed E-state index contributed by atoms with van der Waals surface area (Å²) in [6.45, 7) is 2.74. The van der Waals surface area contributed by atoms with Gasteiger partial charge in [-0.3, -0.25) is 4.90 Å². The molecule has 0 saturated carbocycles. The Labute approximate surface area is 260 Å². The zero-order valence-corrected chi connectivity index (χ0v) is 25.1. The third-order valence-corrected chi connectivity index (χ3v) is 10.4. The standard InChI is InChI=1S/C31H33F6N7O2/c1-14-9-19(38)40-25(22(14)31(35,36)37)20-23(33)26-21-27(24(20)34)45-8-5-18-17-4-3-16(39-17)12-44(18)28(21)42-29(41-26)46-13-30-6-2-7-43(30)11-15(32)10-30/h9,15-18,39H,2-8,10-13H2,1H3,(H2,38,40)/t15-,16+,17?,18-,30+/m1/s1. The average molecular weight is 650 g/mol. The molecular formula is C31H33F6N7O2. The number of pyridine rings is 1. The minimum atomic E-state index is -5.00. The fraction of sp³-hybridized carbons (Fsp3) is 0.581. The van der Waals surface area contributed by atoms with E-state index < -0.39 is 57.6 Å². The summed E-state index contributed by atoms with van der Waals surface area (Å²) in [5.41, 5.74) is 1.09. The number of piperazine rings is 1. The Hall–Kier alpha value is -3.59. The first-order valence-corrected chi connectivity index (χ1v) is 15.7. The molecule has 3 N–H and O–H groups in total. The van der Waals surface area contributed by atoms with Gasteiger partial charge in [-0.2, -0.15) is 23.1 Å². The number of nitrogen functional groups attached to an aromatic ring is 1. The second kappa shape index (κ2) is 10.5. The number of ether oxygens (including phenoxy) is 2. The van der Waals surface area contributed by atoms with Crippen molar-refractivity contribution in [1.82, 2.24) is 25.2 Å². The van der Waals surface area contributed by atoms with Crippen LogP contribution in [-0.4, -0.2) is 82.5 Å². The average Bonchev–Trinajstić information content (AvgIpc) is 3.64. The highest BCUT2D eigenvalue weighted by atomic mass is 19.4. The number of hydrogen-bond acceptors (Lipinski definition) is 9. The highest BCUT2D eigenvalue weighted by Crippen LogP contribution is 2.49. The van der Waals surface area contributed by atoms with Gasteiger partial charge in [-0.25, -0.2) is 18.2 Å². The van der Waals surface area contributed by atoms with E-state index in [9.17, 15) is 17.6 Å². The highest BCUT2D eigenvalue weighted by Gasteiger charge is 2.50. The van der Waals surface area contributed by atoms with E-state index in [1.54, 1.807) is 0 Å². The number of nitrogens with one attached hydrogen (secondary N) is 1. The first kappa shape index (κ1) is 29.8. The summed E-state index contributed by atoms with van der Waals surface area (Å²) in [4.78, 5) is 16.9. The maximum absolute atomic E-state index is 16.8. The number of aromatic nitrogens is 3. The molecule has 0 radical (unpaired) electrons.